The number of hydrogen-bond donors (Lipinski definition) is 2. The van der Waals surface area contributed by atoms with Gasteiger partial charge in [-0.3, -0.25) is 5.10 Å². The summed E-state index contributed by atoms with van der Waals surface area (Å²) in [7, 11) is 0. The number of hydrogen-bond acceptors (Lipinski definition) is 2. The standard InChI is InChI=1S/C14H18FN3/c1-9-12(10-7-5-6-8-11(10)15)17-18-13(9)16-14(2,3)4/h5-8H,1-4H3,(H2,16,17,18). The Morgan fingerprint density at radius 1 is 1.22 bits per heavy atom. The Morgan fingerprint density at radius 3 is 2.50 bits per heavy atom. The molecule has 1 aromatic carbocycles. The van der Waals surface area contributed by atoms with Crippen molar-refractivity contribution in [3.05, 3.63) is 35.6 Å². The van der Waals surface area contributed by atoms with E-state index in [0.29, 0.717) is 5.56 Å². The molecule has 0 bridgehead atoms. The molecule has 0 amide bonds. The summed E-state index contributed by atoms with van der Waals surface area (Å²) < 4.78 is 13.7. The predicted octanol–water partition coefficient (Wildman–Crippen LogP) is 3.73. The molecule has 2 aromatic rings. The summed E-state index contributed by atoms with van der Waals surface area (Å²) in [5.41, 5.74) is 2.12. The van der Waals surface area contributed by atoms with Crippen molar-refractivity contribution in [2.45, 2.75) is 33.2 Å². The van der Waals surface area contributed by atoms with Gasteiger partial charge < -0.3 is 5.32 Å². The average molecular weight is 247 g/mol. The van der Waals surface area contributed by atoms with Gasteiger partial charge in [-0.15, -0.1) is 0 Å². The van der Waals surface area contributed by atoms with E-state index in [-0.39, 0.29) is 11.4 Å². The summed E-state index contributed by atoms with van der Waals surface area (Å²) in [6.45, 7) is 8.11. The minimum absolute atomic E-state index is 0.0769. The molecule has 18 heavy (non-hydrogen) atoms. The molecule has 2 rings (SSSR count). The van der Waals surface area contributed by atoms with E-state index < -0.39 is 0 Å². The molecule has 0 spiro atoms. The number of aromatic nitrogens is 2. The summed E-state index contributed by atoms with van der Waals surface area (Å²) >= 11 is 0. The normalized spacial score (nSPS) is 11.6. The third-order valence-corrected chi connectivity index (χ3v) is 2.65. The van der Waals surface area contributed by atoms with Gasteiger partial charge in [-0.05, 0) is 39.8 Å². The van der Waals surface area contributed by atoms with E-state index >= 15 is 0 Å². The fraction of sp³-hybridized carbons (Fsp3) is 0.357. The highest BCUT2D eigenvalue weighted by Gasteiger charge is 2.17. The zero-order valence-corrected chi connectivity index (χ0v) is 11.1. The van der Waals surface area contributed by atoms with Gasteiger partial charge in [-0.1, -0.05) is 12.1 Å². The van der Waals surface area contributed by atoms with Gasteiger partial charge in [0.25, 0.3) is 0 Å². The van der Waals surface area contributed by atoms with E-state index in [1.807, 2.05) is 13.0 Å². The molecule has 96 valence electrons. The minimum atomic E-state index is -0.244. The van der Waals surface area contributed by atoms with Crippen molar-refractivity contribution in [2.75, 3.05) is 5.32 Å². The van der Waals surface area contributed by atoms with Gasteiger partial charge >= 0.3 is 0 Å². The second-order valence-corrected chi connectivity index (χ2v) is 5.43. The number of nitrogens with zero attached hydrogens (tertiary/aromatic N) is 1. The fourth-order valence-corrected chi connectivity index (χ4v) is 1.80. The number of aromatic amines is 1. The summed E-state index contributed by atoms with van der Waals surface area (Å²) in [6.07, 6.45) is 0. The first-order valence-corrected chi connectivity index (χ1v) is 5.96. The Hall–Kier alpha value is -1.84. The molecule has 1 aromatic heterocycles. The van der Waals surface area contributed by atoms with Crippen molar-refractivity contribution < 1.29 is 4.39 Å². The van der Waals surface area contributed by atoms with Gasteiger partial charge in [0.1, 0.15) is 5.82 Å². The van der Waals surface area contributed by atoms with Gasteiger partial charge in [-0.2, -0.15) is 5.10 Å². The Bertz CT molecular complexity index is 552. The van der Waals surface area contributed by atoms with Crippen LogP contribution in [-0.4, -0.2) is 15.7 Å². The van der Waals surface area contributed by atoms with Crippen LogP contribution >= 0.6 is 0 Å². The van der Waals surface area contributed by atoms with E-state index in [0.717, 1.165) is 17.1 Å². The van der Waals surface area contributed by atoms with Crippen molar-refractivity contribution >= 4 is 5.82 Å². The summed E-state index contributed by atoms with van der Waals surface area (Å²) in [4.78, 5) is 0. The van der Waals surface area contributed by atoms with Gasteiger partial charge in [0, 0.05) is 16.7 Å². The van der Waals surface area contributed by atoms with Crippen LogP contribution in [0.5, 0.6) is 0 Å². The van der Waals surface area contributed by atoms with Crippen LogP contribution in [0.25, 0.3) is 11.3 Å². The SMILES string of the molecule is Cc1c(NC(C)(C)C)n[nH]c1-c1ccccc1F. The number of halogens is 1. The molecular weight excluding hydrogens is 229 g/mol. The monoisotopic (exact) mass is 247 g/mol. The third kappa shape index (κ3) is 2.53. The molecule has 0 fully saturated rings. The van der Waals surface area contributed by atoms with Crippen LogP contribution in [0.1, 0.15) is 26.3 Å². The molecule has 0 aliphatic rings. The highest BCUT2D eigenvalue weighted by atomic mass is 19.1. The highest BCUT2D eigenvalue weighted by molar-refractivity contribution is 5.69. The summed E-state index contributed by atoms with van der Waals surface area (Å²) in [6, 6.07) is 6.69. The van der Waals surface area contributed by atoms with Crippen LogP contribution in [0.4, 0.5) is 10.2 Å². The summed E-state index contributed by atoms with van der Waals surface area (Å²) in [5, 5.41) is 10.4. The minimum Gasteiger partial charge on any atom is -0.364 e. The largest absolute Gasteiger partial charge is 0.364 e. The third-order valence-electron chi connectivity index (χ3n) is 2.65. The lowest BCUT2D eigenvalue weighted by atomic mass is 10.1. The molecule has 4 heteroatoms. The molecule has 1 heterocycles. The van der Waals surface area contributed by atoms with Crippen molar-refractivity contribution in [2.24, 2.45) is 0 Å². The van der Waals surface area contributed by atoms with Gasteiger partial charge in [0.05, 0.1) is 5.69 Å². The molecule has 0 saturated heterocycles. The molecule has 0 unspecified atom stereocenters. The van der Waals surface area contributed by atoms with E-state index in [1.54, 1.807) is 12.1 Å². The number of anilines is 1. The van der Waals surface area contributed by atoms with Crippen molar-refractivity contribution in [1.82, 2.24) is 10.2 Å². The van der Waals surface area contributed by atoms with E-state index in [9.17, 15) is 4.39 Å². The Balaban J connectivity index is 2.40. The average Bonchev–Trinajstić information content (AvgIpc) is 2.59. The number of benzene rings is 1. The van der Waals surface area contributed by atoms with Crippen LogP contribution in [0.15, 0.2) is 24.3 Å². The quantitative estimate of drug-likeness (QED) is 0.848. The summed E-state index contributed by atoms with van der Waals surface area (Å²) in [5.74, 6) is 0.521. The number of rotatable bonds is 2. The maximum Gasteiger partial charge on any atom is 0.151 e. The first kappa shape index (κ1) is 12.6. The van der Waals surface area contributed by atoms with Crippen molar-refractivity contribution in [3.63, 3.8) is 0 Å². The first-order valence-electron chi connectivity index (χ1n) is 5.96. The van der Waals surface area contributed by atoms with Crippen LogP contribution in [0.2, 0.25) is 0 Å². The smallest absolute Gasteiger partial charge is 0.151 e. The van der Waals surface area contributed by atoms with E-state index in [1.165, 1.54) is 6.07 Å². The fourth-order valence-electron chi connectivity index (χ4n) is 1.80. The highest BCUT2D eigenvalue weighted by Crippen LogP contribution is 2.28. The Morgan fingerprint density at radius 2 is 1.89 bits per heavy atom. The maximum atomic E-state index is 13.7. The number of nitrogens with one attached hydrogen (secondary N) is 2. The van der Waals surface area contributed by atoms with Gasteiger partial charge in [0.15, 0.2) is 5.82 Å². The van der Waals surface area contributed by atoms with Crippen LogP contribution in [-0.2, 0) is 0 Å². The van der Waals surface area contributed by atoms with Crippen molar-refractivity contribution in [1.29, 1.82) is 0 Å². The Labute approximate surface area is 106 Å². The van der Waals surface area contributed by atoms with Crippen LogP contribution < -0.4 is 5.32 Å². The second kappa shape index (κ2) is 4.44. The van der Waals surface area contributed by atoms with Crippen molar-refractivity contribution in [3.8, 4) is 11.3 Å². The molecule has 0 aliphatic heterocycles. The lowest BCUT2D eigenvalue weighted by molar-refractivity contribution is 0.629. The molecule has 0 radical (unpaired) electrons. The first-order chi connectivity index (χ1) is 8.38. The van der Waals surface area contributed by atoms with Crippen LogP contribution in [0, 0.1) is 12.7 Å². The zero-order valence-electron chi connectivity index (χ0n) is 11.1. The molecule has 0 saturated carbocycles. The van der Waals surface area contributed by atoms with E-state index in [2.05, 4.69) is 36.3 Å². The number of H-pyrrole nitrogens is 1. The zero-order chi connectivity index (χ0) is 13.3. The molecular formula is C14H18FN3. The van der Waals surface area contributed by atoms with Gasteiger partial charge in [0.2, 0.25) is 0 Å². The van der Waals surface area contributed by atoms with Crippen LogP contribution in [0.3, 0.4) is 0 Å². The molecule has 0 aliphatic carbocycles. The molecule has 3 nitrogen and oxygen atoms in total. The second-order valence-electron chi connectivity index (χ2n) is 5.43. The maximum absolute atomic E-state index is 13.7. The lowest BCUT2D eigenvalue weighted by Gasteiger charge is -2.20. The molecule has 0 atom stereocenters. The lowest BCUT2D eigenvalue weighted by Crippen LogP contribution is -2.26. The van der Waals surface area contributed by atoms with E-state index in [4.69, 9.17) is 0 Å². The Kier molecular flexibility index (Phi) is 3.11. The topological polar surface area (TPSA) is 40.7 Å². The van der Waals surface area contributed by atoms with Gasteiger partial charge in [-0.25, -0.2) is 4.39 Å². The predicted molar refractivity (Wildman–Crippen MR) is 72.1 cm³/mol. The molecule has 2 N–H and O–H groups in total.